The van der Waals surface area contributed by atoms with Crippen molar-refractivity contribution in [3.63, 3.8) is 0 Å². The highest BCUT2D eigenvalue weighted by molar-refractivity contribution is 5.92. The smallest absolute Gasteiger partial charge is 0.244 e. The molecule has 0 saturated carbocycles. The number of hydrogen-bond acceptors (Lipinski definition) is 3. The van der Waals surface area contributed by atoms with Crippen LogP contribution < -0.4 is 5.32 Å². The fourth-order valence-corrected chi connectivity index (χ4v) is 3.57. The molecule has 1 aromatic heterocycles. The number of anilines is 1. The molecule has 5 nitrogen and oxygen atoms in total. The van der Waals surface area contributed by atoms with Crippen molar-refractivity contribution in [3.8, 4) is 0 Å². The SMILES string of the molecule is Cc1ccc(NC(=O)Cn2c(C3CCCO3)nc3ccccc32)c(C)c1. The second-order valence-corrected chi connectivity index (χ2v) is 6.91. The third kappa shape index (κ3) is 3.22. The van der Waals surface area contributed by atoms with Crippen molar-refractivity contribution < 1.29 is 9.53 Å². The molecule has 0 radical (unpaired) electrons. The molecular weight excluding hydrogens is 326 g/mol. The van der Waals surface area contributed by atoms with E-state index in [0.717, 1.165) is 47.6 Å². The zero-order valence-electron chi connectivity index (χ0n) is 15.2. The molecule has 5 heteroatoms. The van der Waals surface area contributed by atoms with E-state index in [4.69, 9.17) is 9.72 Å². The summed E-state index contributed by atoms with van der Waals surface area (Å²) in [6, 6.07) is 14.0. The number of fused-ring (bicyclic) bond motifs is 1. The molecule has 0 aliphatic carbocycles. The van der Waals surface area contributed by atoms with Gasteiger partial charge in [0.25, 0.3) is 0 Å². The number of ether oxygens (including phenoxy) is 1. The molecule has 3 aromatic rings. The van der Waals surface area contributed by atoms with E-state index < -0.39 is 0 Å². The number of hydrogen-bond donors (Lipinski definition) is 1. The molecule has 1 unspecified atom stereocenters. The number of imidazole rings is 1. The molecule has 1 saturated heterocycles. The topological polar surface area (TPSA) is 56.2 Å². The van der Waals surface area contributed by atoms with Gasteiger partial charge in [-0.25, -0.2) is 4.98 Å². The first-order valence-electron chi connectivity index (χ1n) is 9.06. The van der Waals surface area contributed by atoms with Gasteiger partial charge in [-0.05, 0) is 50.5 Å². The normalized spacial score (nSPS) is 16.9. The zero-order valence-corrected chi connectivity index (χ0v) is 15.2. The van der Waals surface area contributed by atoms with Gasteiger partial charge in [0.15, 0.2) is 0 Å². The summed E-state index contributed by atoms with van der Waals surface area (Å²) in [4.78, 5) is 17.5. The minimum Gasteiger partial charge on any atom is -0.370 e. The summed E-state index contributed by atoms with van der Waals surface area (Å²) in [5.74, 6) is 0.791. The molecular formula is C21H23N3O2. The second kappa shape index (κ2) is 6.92. The Morgan fingerprint density at radius 1 is 1.27 bits per heavy atom. The molecule has 1 N–H and O–H groups in total. The van der Waals surface area contributed by atoms with Gasteiger partial charge in [0.2, 0.25) is 5.91 Å². The quantitative estimate of drug-likeness (QED) is 0.770. The molecule has 4 rings (SSSR count). The lowest BCUT2D eigenvalue weighted by Gasteiger charge is -2.14. The van der Waals surface area contributed by atoms with Gasteiger partial charge in [-0.2, -0.15) is 0 Å². The highest BCUT2D eigenvalue weighted by Crippen LogP contribution is 2.30. The van der Waals surface area contributed by atoms with E-state index in [1.807, 2.05) is 54.8 Å². The summed E-state index contributed by atoms with van der Waals surface area (Å²) >= 11 is 0. The highest BCUT2D eigenvalue weighted by atomic mass is 16.5. The van der Waals surface area contributed by atoms with Gasteiger partial charge < -0.3 is 14.6 Å². The van der Waals surface area contributed by atoms with Crippen LogP contribution in [-0.2, 0) is 16.1 Å². The Morgan fingerprint density at radius 3 is 2.88 bits per heavy atom. The highest BCUT2D eigenvalue weighted by Gasteiger charge is 2.25. The van der Waals surface area contributed by atoms with E-state index in [9.17, 15) is 4.79 Å². The molecule has 2 aromatic carbocycles. The third-order valence-electron chi connectivity index (χ3n) is 4.86. The van der Waals surface area contributed by atoms with Gasteiger partial charge in [-0.1, -0.05) is 29.8 Å². The van der Waals surface area contributed by atoms with Gasteiger partial charge in [-0.3, -0.25) is 4.79 Å². The van der Waals surface area contributed by atoms with E-state index >= 15 is 0 Å². The van der Waals surface area contributed by atoms with Crippen molar-refractivity contribution >= 4 is 22.6 Å². The summed E-state index contributed by atoms with van der Waals surface area (Å²) in [5, 5.41) is 3.03. The van der Waals surface area contributed by atoms with Crippen molar-refractivity contribution in [1.29, 1.82) is 0 Å². The lowest BCUT2D eigenvalue weighted by atomic mass is 10.1. The molecule has 134 valence electrons. The maximum absolute atomic E-state index is 12.7. The number of nitrogens with one attached hydrogen (secondary N) is 1. The van der Waals surface area contributed by atoms with Crippen LogP contribution in [0, 0.1) is 13.8 Å². The first-order valence-corrected chi connectivity index (χ1v) is 9.06. The lowest BCUT2D eigenvalue weighted by molar-refractivity contribution is -0.116. The largest absolute Gasteiger partial charge is 0.370 e. The van der Waals surface area contributed by atoms with Crippen molar-refractivity contribution in [2.75, 3.05) is 11.9 Å². The first kappa shape index (κ1) is 16.8. The Hall–Kier alpha value is -2.66. The van der Waals surface area contributed by atoms with Crippen LogP contribution in [0.4, 0.5) is 5.69 Å². The third-order valence-corrected chi connectivity index (χ3v) is 4.86. The average molecular weight is 349 g/mol. The van der Waals surface area contributed by atoms with Crippen LogP contribution in [0.15, 0.2) is 42.5 Å². The van der Waals surface area contributed by atoms with E-state index in [-0.39, 0.29) is 18.6 Å². The fourth-order valence-electron chi connectivity index (χ4n) is 3.57. The number of amides is 1. The Bertz CT molecular complexity index is 955. The van der Waals surface area contributed by atoms with Crippen LogP contribution in [0.3, 0.4) is 0 Å². The Morgan fingerprint density at radius 2 is 2.12 bits per heavy atom. The van der Waals surface area contributed by atoms with Gasteiger partial charge in [0.05, 0.1) is 11.0 Å². The molecule has 1 amide bonds. The number of nitrogens with zero attached hydrogens (tertiary/aromatic N) is 2. The molecule has 1 atom stereocenters. The van der Waals surface area contributed by atoms with Crippen LogP contribution in [-0.4, -0.2) is 22.1 Å². The van der Waals surface area contributed by atoms with E-state index in [1.54, 1.807) is 0 Å². The van der Waals surface area contributed by atoms with Gasteiger partial charge in [0, 0.05) is 12.3 Å². The molecule has 1 aliphatic rings. The van der Waals surface area contributed by atoms with E-state index in [0.29, 0.717) is 0 Å². The summed E-state index contributed by atoms with van der Waals surface area (Å²) in [6.07, 6.45) is 1.95. The van der Waals surface area contributed by atoms with Crippen molar-refractivity contribution in [2.24, 2.45) is 0 Å². The first-order chi connectivity index (χ1) is 12.6. The second-order valence-electron chi connectivity index (χ2n) is 6.91. The molecule has 0 spiro atoms. The minimum atomic E-state index is -0.0562. The van der Waals surface area contributed by atoms with E-state index in [2.05, 4.69) is 11.4 Å². The number of carbonyl (C=O) groups is 1. The molecule has 2 heterocycles. The van der Waals surface area contributed by atoms with Crippen LogP contribution in [0.1, 0.15) is 35.9 Å². The number of benzene rings is 2. The van der Waals surface area contributed by atoms with Crippen LogP contribution >= 0.6 is 0 Å². The molecule has 1 aliphatic heterocycles. The average Bonchev–Trinajstić information content (AvgIpc) is 3.26. The number of aryl methyl sites for hydroxylation is 2. The zero-order chi connectivity index (χ0) is 18.1. The number of carbonyl (C=O) groups excluding carboxylic acids is 1. The van der Waals surface area contributed by atoms with Crippen molar-refractivity contribution in [2.45, 2.75) is 39.3 Å². The van der Waals surface area contributed by atoms with Crippen molar-refractivity contribution in [3.05, 3.63) is 59.4 Å². The Kier molecular flexibility index (Phi) is 4.47. The molecule has 0 bridgehead atoms. The van der Waals surface area contributed by atoms with Crippen LogP contribution in [0.5, 0.6) is 0 Å². The fraction of sp³-hybridized carbons (Fsp3) is 0.333. The summed E-state index contributed by atoms with van der Waals surface area (Å²) < 4.78 is 7.82. The monoisotopic (exact) mass is 349 g/mol. The summed E-state index contributed by atoms with van der Waals surface area (Å²) in [5.41, 5.74) is 4.96. The van der Waals surface area contributed by atoms with Gasteiger partial charge >= 0.3 is 0 Å². The van der Waals surface area contributed by atoms with Crippen LogP contribution in [0.25, 0.3) is 11.0 Å². The maximum atomic E-state index is 12.7. The maximum Gasteiger partial charge on any atom is 0.244 e. The predicted molar refractivity (Wildman–Crippen MR) is 102 cm³/mol. The predicted octanol–water partition coefficient (Wildman–Crippen LogP) is 4.14. The standard InChI is InChI=1S/C21H23N3O2/c1-14-9-10-16(15(2)12-14)22-20(25)13-24-18-7-4-3-6-17(18)23-21(24)19-8-5-11-26-19/h3-4,6-7,9-10,12,19H,5,8,11,13H2,1-2H3,(H,22,25). The van der Waals surface area contributed by atoms with Gasteiger partial charge in [-0.15, -0.1) is 0 Å². The molecule has 26 heavy (non-hydrogen) atoms. The van der Waals surface area contributed by atoms with Crippen LogP contribution in [0.2, 0.25) is 0 Å². The van der Waals surface area contributed by atoms with Crippen molar-refractivity contribution in [1.82, 2.24) is 9.55 Å². The Balaban J connectivity index is 1.63. The number of rotatable bonds is 4. The van der Waals surface area contributed by atoms with Gasteiger partial charge in [0.1, 0.15) is 18.5 Å². The minimum absolute atomic E-state index is 0.0312. The van der Waals surface area contributed by atoms with E-state index in [1.165, 1.54) is 5.56 Å². The Labute approximate surface area is 153 Å². The number of aromatic nitrogens is 2. The summed E-state index contributed by atoms with van der Waals surface area (Å²) in [7, 11) is 0. The lowest BCUT2D eigenvalue weighted by Crippen LogP contribution is -2.21. The molecule has 1 fully saturated rings. The summed E-state index contributed by atoms with van der Waals surface area (Å²) in [6.45, 7) is 5.03. The number of para-hydroxylation sites is 2.